The second-order valence-corrected chi connectivity index (χ2v) is 3.79. The molecule has 0 spiro atoms. The number of aliphatic hydroxyl groups excluding tert-OH is 1. The zero-order valence-electron chi connectivity index (χ0n) is 9.73. The number of anilines is 1. The van der Waals surface area contributed by atoms with Crippen molar-refractivity contribution in [3.8, 4) is 0 Å². The Morgan fingerprint density at radius 3 is 2.71 bits per heavy atom. The minimum absolute atomic E-state index is 0.0776. The zero-order chi connectivity index (χ0) is 11.9. The topological polar surface area (TPSA) is 41.5 Å². The van der Waals surface area contributed by atoms with Gasteiger partial charge in [0.15, 0.2) is 0 Å². The lowest BCUT2D eigenvalue weighted by Gasteiger charge is -2.09. The fraction of sp³-hybridized carbons (Fsp3) is 0.286. The van der Waals surface area contributed by atoms with E-state index in [1.807, 2.05) is 18.2 Å². The molecule has 90 valence electrons. The van der Waals surface area contributed by atoms with Crippen LogP contribution in [0, 0.1) is 0 Å². The van der Waals surface area contributed by atoms with Gasteiger partial charge < -0.3 is 15.2 Å². The highest BCUT2D eigenvalue weighted by Crippen LogP contribution is 2.22. The van der Waals surface area contributed by atoms with Crippen LogP contribution in [0.3, 0.4) is 0 Å². The highest BCUT2D eigenvalue weighted by Gasteiger charge is 1.98. The maximum Gasteiger partial charge on any atom is 0.0698 e. The van der Waals surface area contributed by atoms with Crippen LogP contribution in [0.25, 0.3) is 10.8 Å². The Bertz CT molecular complexity index is 465. The molecule has 17 heavy (non-hydrogen) atoms. The highest BCUT2D eigenvalue weighted by molar-refractivity contribution is 5.93. The van der Waals surface area contributed by atoms with E-state index in [9.17, 15) is 0 Å². The summed E-state index contributed by atoms with van der Waals surface area (Å²) >= 11 is 0. The number of rotatable bonds is 6. The van der Waals surface area contributed by atoms with Gasteiger partial charge in [-0.2, -0.15) is 0 Å². The van der Waals surface area contributed by atoms with Crippen LogP contribution < -0.4 is 5.32 Å². The summed E-state index contributed by atoms with van der Waals surface area (Å²) < 4.78 is 5.20. The molecule has 0 heterocycles. The third-order valence-electron chi connectivity index (χ3n) is 2.59. The Morgan fingerprint density at radius 2 is 1.82 bits per heavy atom. The fourth-order valence-electron chi connectivity index (χ4n) is 1.80. The maximum atomic E-state index is 8.58. The lowest BCUT2D eigenvalue weighted by atomic mass is 10.1. The molecule has 2 N–H and O–H groups in total. The smallest absolute Gasteiger partial charge is 0.0698 e. The van der Waals surface area contributed by atoms with Gasteiger partial charge in [-0.3, -0.25) is 0 Å². The van der Waals surface area contributed by atoms with Crippen molar-refractivity contribution >= 4 is 16.5 Å². The molecular weight excluding hydrogens is 214 g/mol. The van der Waals surface area contributed by atoms with E-state index in [4.69, 9.17) is 9.84 Å². The van der Waals surface area contributed by atoms with Gasteiger partial charge in [0.1, 0.15) is 0 Å². The van der Waals surface area contributed by atoms with Crippen LogP contribution in [-0.2, 0) is 4.74 Å². The SMILES string of the molecule is OCCOCCNc1cccc2ccccc12. The van der Waals surface area contributed by atoms with E-state index in [1.165, 1.54) is 10.8 Å². The van der Waals surface area contributed by atoms with Gasteiger partial charge in [0.25, 0.3) is 0 Å². The van der Waals surface area contributed by atoms with E-state index in [0.29, 0.717) is 13.2 Å². The molecule has 0 saturated heterocycles. The van der Waals surface area contributed by atoms with Crippen molar-refractivity contribution in [2.45, 2.75) is 0 Å². The average molecular weight is 231 g/mol. The van der Waals surface area contributed by atoms with Crippen molar-refractivity contribution in [3.63, 3.8) is 0 Å². The minimum Gasteiger partial charge on any atom is -0.394 e. The van der Waals surface area contributed by atoms with E-state index in [2.05, 4.69) is 29.6 Å². The normalized spacial score (nSPS) is 10.6. The Balaban J connectivity index is 1.98. The molecule has 0 bridgehead atoms. The molecule has 3 heteroatoms. The monoisotopic (exact) mass is 231 g/mol. The van der Waals surface area contributed by atoms with Crippen LogP contribution in [0.4, 0.5) is 5.69 Å². The largest absolute Gasteiger partial charge is 0.394 e. The molecule has 0 unspecified atom stereocenters. The lowest BCUT2D eigenvalue weighted by molar-refractivity contribution is 0.0992. The van der Waals surface area contributed by atoms with Crippen LogP contribution in [0.1, 0.15) is 0 Å². The number of hydrogen-bond donors (Lipinski definition) is 2. The molecule has 0 atom stereocenters. The second-order valence-electron chi connectivity index (χ2n) is 3.79. The Labute approximate surface area is 101 Å². The molecule has 0 aromatic heterocycles. The summed E-state index contributed by atoms with van der Waals surface area (Å²) in [6.45, 7) is 1.82. The first kappa shape index (κ1) is 11.9. The van der Waals surface area contributed by atoms with Crippen molar-refractivity contribution in [2.24, 2.45) is 0 Å². The van der Waals surface area contributed by atoms with Gasteiger partial charge in [-0.15, -0.1) is 0 Å². The predicted octanol–water partition coefficient (Wildman–Crippen LogP) is 2.26. The molecule has 2 rings (SSSR count). The van der Waals surface area contributed by atoms with Gasteiger partial charge in [0.05, 0.1) is 19.8 Å². The molecular formula is C14H17NO2. The van der Waals surface area contributed by atoms with E-state index >= 15 is 0 Å². The van der Waals surface area contributed by atoms with E-state index in [0.717, 1.165) is 12.2 Å². The summed E-state index contributed by atoms with van der Waals surface area (Å²) in [6.07, 6.45) is 0. The average Bonchev–Trinajstić information content (AvgIpc) is 2.39. The Hall–Kier alpha value is -1.58. The maximum absolute atomic E-state index is 8.58. The first-order valence-corrected chi connectivity index (χ1v) is 5.82. The van der Waals surface area contributed by atoms with Gasteiger partial charge in [-0.25, -0.2) is 0 Å². The summed E-state index contributed by atoms with van der Waals surface area (Å²) in [5, 5.41) is 14.4. The van der Waals surface area contributed by atoms with Crippen LogP contribution in [0.2, 0.25) is 0 Å². The van der Waals surface area contributed by atoms with Gasteiger partial charge >= 0.3 is 0 Å². The molecule has 0 aliphatic carbocycles. The summed E-state index contributed by atoms with van der Waals surface area (Å²) in [5.74, 6) is 0. The van der Waals surface area contributed by atoms with Gasteiger partial charge in [0.2, 0.25) is 0 Å². The molecule has 0 amide bonds. The number of hydrogen-bond acceptors (Lipinski definition) is 3. The van der Waals surface area contributed by atoms with Crippen molar-refractivity contribution < 1.29 is 9.84 Å². The highest BCUT2D eigenvalue weighted by atomic mass is 16.5. The quantitative estimate of drug-likeness (QED) is 0.749. The standard InChI is InChI=1S/C14H17NO2/c16-9-11-17-10-8-15-14-7-3-5-12-4-1-2-6-13(12)14/h1-7,15-16H,8-11H2. The number of ether oxygens (including phenoxy) is 1. The van der Waals surface area contributed by atoms with Crippen molar-refractivity contribution in [1.82, 2.24) is 0 Å². The van der Waals surface area contributed by atoms with Crippen LogP contribution in [0.5, 0.6) is 0 Å². The summed E-state index contributed by atoms with van der Waals surface area (Å²) in [4.78, 5) is 0. The molecule has 0 aliphatic rings. The summed E-state index contributed by atoms with van der Waals surface area (Å²) in [5.41, 5.74) is 1.12. The first-order valence-electron chi connectivity index (χ1n) is 5.82. The Kier molecular flexibility index (Phi) is 4.36. The van der Waals surface area contributed by atoms with Gasteiger partial charge in [-0.05, 0) is 11.5 Å². The molecule has 0 saturated carbocycles. The van der Waals surface area contributed by atoms with Gasteiger partial charge in [-0.1, -0.05) is 36.4 Å². The molecule has 0 aliphatic heterocycles. The van der Waals surface area contributed by atoms with E-state index in [1.54, 1.807) is 0 Å². The second kappa shape index (κ2) is 6.23. The van der Waals surface area contributed by atoms with Crippen molar-refractivity contribution in [3.05, 3.63) is 42.5 Å². The molecule has 0 fully saturated rings. The Morgan fingerprint density at radius 1 is 1.00 bits per heavy atom. The van der Waals surface area contributed by atoms with E-state index in [-0.39, 0.29) is 6.61 Å². The van der Waals surface area contributed by atoms with Crippen molar-refractivity contribution in [1.29, 1.82) is 0 Å². The van der Waals surface area contributed by atoms with Crippen molar-refractivity contribution in [2.75, 3.05) is 31.7 Å². The third kappa shape index (κ3) is 3.19. The lowest BCUT2D eigenvalue weighted by Crippen LogP contribution is -2.11. The molecule has 2 aromatic rings. The first-order chi connectivity index (χ1) is 8.42. The number of benzene rings is 2. The van der Waals surface area contributed by atoms with E-state index < -0.39 is 0 Å². The molecule has 0 radical (unpaired) electrons. The van der Waals surface area contributed by atoms with Crippen LogP contribution >= 0.6 is 0 Å². The third-order valence-corrected chi connectivity index (χ3v) is 2.59. The summed E-state index contributed by atoms with van der Waals surface area (Å²) in [7, 11) is 0. The number of aliphatic hydroxyl groups is 1. The van der Waals surface area contributed by atoms with Crippen LogP contribution in [-0.4, -0.2) is 31.5 Å². The zero-order valence-corrected chi connectivity index (χ0v) is 9.73. The molecule has 3 nitrogen and oxygen atoms in total. The fourth-order valence-corrected chi connectivity index (χ4v) is 1.80. The number of fused-ring (bicyclic) bond motifs is 1. The van der Waals surface area contributed by atoms with Crippen LogP contribution in [0.15, 0.2) is 42.5 Å². The minimum atomic E-state index is 0.0776. The summed E-state index contributed by atoms with van der Waals surface area (Å²) in [6, 6.07) is 14.5. The molecule has 2 aromatic carbocycles. The van der Waals surface area contributed by atoms with Gasteiger partial charge in [0, 0.05) is 17.6 Å². The predicted molar refractivity (Wildman–Crippen MR) is 70.3 cm³/mol. The number of nitrogens with one attached hydrogen (secondary N) is 1.